The molecule has 0 aliphatic carbocycles. The Kier molecular flexibility index (Phi) is 5.64. The fraction of sp³-hybridized carbons (Fsp3) is 0.133. The molecule has 0 radical (unpaired) electrons. The number of carboxylic acids is 1. The molecule has 0 unspecified atom stereocenters. The van der Waals surface area contributed by atoms with Crippen LogP contribution in [-0.2, 0) is 0 Å². The van der Waals surface area contributed by atoms with Gasteiger partial charge >= 0.3 is 5.97 Å². The Labute approximate surface area is 139 Å². The minimum atomic E-state index is -1.03. The first-order valence-corrected chi connectivity index (χ1v) is 7.69. The van der Waals surface area contributed by atoms with Crippen LogP contribution in [-0.4, -0.2) is 24.3 Å². The molecule has 2 aromatic carbocycles. The van der Waals surface area contributed by atoms with Crippen molar-refractivity contribution in [3.8, 4) is 11.5 Å². The molecule has 1 N–H and O–H groups in total. The average molecular weight is 416 g/mol. The van der Waals surface area contributed by atoms with Gasteiger partial charge in [0.2, 0.25) is 0 Å². The quantitative estimate of drug-likeness (QED) is 0.711. The Morgan fingerprint density at radius 1 is 1.00 bits per heavy atom. The van der Waals surface area contributed by atoms with E-state index < -0.39 is 5.97 Å². The van der Waals surface area contributed by atoms with Crippen molar-refractivity contribution in [1.29, 1.82) is 0 Å². The van der Waals surface area contributed by atoms with Crippen molar-refractivity contribution in [1.82, 2.24) is 0 Å². The van der Waals surface area contributed by atoms with Gasteiger partial charge in [-0.05, 0) is 36.4 Å². The van der Waals surface area contributed by atoms with Gasteiger partial charge in [0.05, 0.1) is 0 Å². The summed E-state index contributed by atoms with van der Waals surface area (Å²) < 4.78 is 12.6. The first-order chi connectivity index (χ1) is 10.1. The lowest BCUT2D eigenvalue weighted by Gasteiger charge is -2.10. The predicted molar refractivity (Wildman–Crippen MR) is 86.2 cm³/mol. The maximum Gasteiger partial charge on any atom is 0.339 e. The lowest BCUT2D eigenvalue weighted by atomic mass is 10.2. The van der Waals surface area contributed by atoms with Crippen LogP contribution < -0.4 is 9.47 Å². The van der Waals surface area contributed by atoms with Gasteiger partial charge in [0.25, 0.3) is 0 Å². The molecule has 0 saturated heterocycles. The Balaban J connectivity index is 1.90. The maximum atomic E-state index is 11.1. The van der Waals surface area contributed by atoms with Crippen LogP contribution in [0.5, 0.6) is 11.5 Å². The molecule has 0 aliphatic heterocycles. The van der Waals surface area contributed by atoms with E-state index in [0.29, 0.717) is 16.8 Å². The smallest absolute Gasteiger partial charge is 0.339 e. The second-order valence-corrected chi connectivity index (χ2v) is 5.93. The van der Waals surface area contributed by atoms with Gasteiger partial charge in [0, 0.05) is 8.95 Å². The standard InChI is InChI=1S/C15H12Br2O4/c16-10-2-1-3-12(8-10)20-6-7-21-14-5-4-11(17)9-13(14)15(18)19/h1-5,8-9H,6-7H2,(H,18,19). The zero-order valence-electron chi connectivity index (χ0n) is 10.9. The number of aromatic carboxylic acids is 1. The van der Waals surface area contributed by atoms with Crippen molar-refractivity contribution in [3.63, 3.8) is 0 Å². The van der Waals surface area contributed by atoms with Crippen molar-refractivity contribution in [2.24, 2.45) is 0 Å². The van der Waals surface area contributed by atoms with Gasteiger partial charge < -0.3 is 14.6 Å². The van der Waals surface area contributed by atoms with Gasteiger partial charge in [0.15, 0.2) is 0 Å². The number of benzene rings is 2. The summed E-state index contributed by atoms with van der Waals surface area (Å²) in [5.74, 6) is 0.0185. The molecule has 0 heterocycles. The van der Waals surface area contributed by atoms with Crippen LogP contribution in [0.1, 0.15) is 10.4 Å². The molecule has 0 spiro atoms. The highest BCUT2D eigenvalue weighted by Gasteiger charge is 2.11. The van der Waals surface area contributed by atoms with E-state index in [-0.39, 0.29) is 12.2 Å². The van der Waals surface area contributed by atoms with Crippen LogP contribution in [0.25, 0.3) is 0 Å². The highest BCUT2D eigenvalue weighted by atomic mass is 79.9. The minimum Gasteiger partial charge on any atom is -0.490 e. The largest absolute Gasteiger partial charge is 0.490 e. The van der Waals surface area contributed by atoms with Crippen molar-refractivity contribution >= 4 is 37.8 Å². The van der Waals surface area contributed by atoms with E-state index in [0.717, 1.165) is 10.2 Å². The maximum absolute atomic E-state index is 11.1. The van der Waals surface area contributed by atoms with E-state index in [1.807, 2.05) is 24.3 Å². The summed E-state index contributed by atoms with van der Waals surface area (Å²) in [6, 6.07) is 12.3. The molecule has 0 atom stereocenters. The second kappa shape index (κ2) is 7.47. The number of hydrogen-bond donors (Lipinski definition) is 1. The average Bonchev–Trinajstić information content (AvgIpc) is 2.44. The second-order valence-electron chi connectivity index (χ2n) is 4.10. The molecule has 0 amide bonds. The zero-order valence-corrected chi connectivity index (χ0v) is 14.1. The summed E-state index contributed by atoms with van der Waals surface area (Å²) in [5, 5.41) is 9.12. The monoisotopic (exact) mass is 414 g/mol. The number of hydrogen-bond acceptors (Lipinski definition) is 3. The third-order valence-electron chi connectivity index (χ3n) is 2.58. The van der Waals surface area contributed by atoms with Crippen LogP contribution in [0.4, 0.5) is 0 Å². The molecule has 0 saturated carbocycles. The normalized spacial score (nSPS) is 10.2. The summed E-state index contributed by atoms with van der Waals surface area (Å²) in [4.78, 5) is 11.1. The number of halogens is 2. The Morgan fingerprint density at radius 2 is 1.71 bits per heavy atom. The molecule has 21 heavy (non-hydrogen) atoms. The van der Waals surface area contributed by atoms with Crippen molar-refractivity contribution in [3.05, 3.63) is 57.0 Å². The number of carbonyl (C=O) groups is 1. The molecule has 110 valence electrons. The summed E-state index contributed by atoms with van der Waals surface area (Å²) in [5.41, 5.74) is 0.117. The molecule has 2 aromatic rings. The SMILES string of the molecule is O=C(O)c1cc(Br)ccc1OCCOc1cccc(Br)c1. The fourth-order valence-corrected chi connectivity index (χ4v) is 2.40. The molecule has 0 aromatic heterocycles. The van der Waals surface area contributed by atoms with Crippen LogP contribution in [0.3, 0.4) is 0 Å². The van der Waals surface area contributed by atoms with Crippen LogP contribution >= 0.6 is 31.9 Å². The third kappa shape index (κ3) is 4.75. The van der Waals surface area contributed by atoms with Gasteiger partial charge in [-0.25, -0.2) is 4.79 Å². The third-order valence-corrected chi connectivity index (χ3v) is 3.56. The predicted octanol–water partition coefficient (Wildman–Crippen LogP) is 4.37. The van der Waals surface area contributed by atoms with E-state index in [1.54, 1.807) is 12.1 Å². The number of ether oxygens (including phenoxy) is 2. The first-order valence-electron chi connectivity index (χ1n) is 6.10. The fourth-order valence-electron chi connectivity index (χ4n) is 1.66. The van der Waals surface area contributed by atoms with Crippen molar-refractivity contribution in [2.75, 3.05) is 13.2 Å². The number of carboxylic acid groups (broad SMARTS) is 1. The Morgan fingerprint density at radius 3 is 2.43 bits per heavy atom. The molecule has 0 fully saturated rings. The van der Waals surface area contributed by atoms with Gasteiger partial charge in [-0.15, -0.1) is 0 Å². The Bertz CT molecular complexity index is 643. The van der Waals surface area contributed by atoms with E-state index in [2.05, 4.69) is 31.9 Å². The minimum absolute atomic E-state index is 0.117. The number of rotatable bonds is 6. The molecule has 2 rings (SSSR count). The van der Waals surface area contributed by atoms with Crippen LogP contribution in [0.15, 0.2) is 51.4 Å². The highest BCUT2D eigenvalue weighted by Crippen LogP contribution is 2.23. The molecular formula is C15H12Br2O4. The molecular weight excluding hydrogens is 404 g/mol. The molecule has 0 bridgehead atoms. The topological polar surface area (TPSA) is 55.8 Å². The van der Waals surface area contributed by atoms with Gasteiger partial charge in [-0.2, -0.15) is 0 Å². The summed E-state index contributed by atoms with van der Waals surface area (Å²) >= 11 is 6.59. The van der Waals surface area contributed by atoms with Crippen LogP contribution in [0.2, 0.25) is 0 Å². The summed E-state index contributed by atoms with van der Waals surface area (Å²) in [6.45, 7) is 0.583. The Hall–Kier alpha value is -1.53. The van der Waals surface area contributed by atoms with E-state index in [1.165, 1.54) is 6.07 Å². The van der Waals surface area contributed by atoms with Crippen molar-refractivity contribution in [2.45, 2.75) is 0 Å². The lowest BCUT2D eigenvalue weighted by Crippen LogP contribution is -2.11. The lowest BCUT2D eigenvalue weighted by molar-refractivity contribution is 0.0691. The van der Waals surface area contributed by atoms with Gasteiger partial charge in [-0.1, -0.05) is 37.9 Å². The first kappa shape index (κ1) is 15.9. The molecule has 6 heteroatoms. The van der Waals surface area contributed by atoms with E-state index >= 15 is 0 Å². The summed E-state index contributed by atoms with van der Waals surface area (Å²) in [7, 11) is 0. The molecule has 4 nitrogen and oxygen atoms in total. The van der Waals surface area contributed by atoms with Gasteiger partial charge in [0.1, 0.15) is 30.3 Å². The van der Waals surface area contributed by atoms with E-state index in [4.69, 9.17) is 14.6 Å². The molecule has 0 aliphatic rings. The van der Waals surface area contributed by atoms with Gasteiger partial charge in [-0.3, -0.25) is 0 Å². The summed E-state index contributed by atoms with van der Waals surface area (Å²) in [6.07, 6.45) is 0. The zero-order chi connectivity index (χ0) is 15.2. The van der Waals surface area contributed by atoms with Crippen molar-refractivity contribution < 1.29 is 19.4 Å². The highest BCUT2D eigenvalue weighted by molar-refractivity contribution is 9.10. The van der Waals surface area contributed by atoms with E-state index in [9.17, 15) is 4.79 Å². The van der Waals surface area contributed by atoms with Crippen LogP contribution in [0, 0.1) is 0 Å².